The highest BCUT2D eigenvalue weighted by Crippen LogP contribution is 2.51. The van der Waals surface area contributed by atoms with E-state index in [0.717, 1.165) is 55.0 Å². The average molecular weight is 1220 g/mol. The molecule has 0 spiro atoms. The summed E-state index contributed by atoms with van der Waals surface area (Å²) in [5.41, 5.74) is 8.34. The van der Waals surface area contributed by atoms with E-state index in [0.29, 0.717) is 120 Å². The number of nitrogens with one attached hydrogen (secondary N) is 6. The molecule has 6 heterocycles. The fourth-order valence-electron chi connectivity index (χ4n) is 12.2. The smallest absolute Gasteiger partial charge is 0.258 e. The molecule has 88 heavy (non-hydrogen) atoms. The predicted molar refractivity (Wildman–Crippen MR) is 352 cm³/mol. The first-order chi connectivity index (χ1) is 42.3. The summed E-state index contributed by atoms with van der Waals surface area (Å²) in [4.78, 5) is 67.8. The zero-order chi connectivity index (χ0) is 62.0. The Bertz CT molecular complexity index is 4330. The number of aromatic amines is 2. The van der Waals surface area contributed by atoms with Crippen molar-refractivity contribution in [2.24, 2.45) is 25.9 Å². The molecule has 2 saturated heterocycles. The first-order valence-corrected chi connectivity index (χ1v) is 33.7. The molecular weight excluding hydrogens is 1150 g/mol. The molecule has 0 unspecified atom stereocenters. The third kappa shape index (κ3) is 12.5. The Balaban J connectivity index is 0.000000182. The van der Waals surface area contributed by atoms with Gasteiger partial charge in [0.25, 0.3) is 11.1 Å². The fourth-order valence-corrected chi connectivity index (χ4v) is 18.1. The van der Waals surface area contributed by atoms with Crippen molar-refractivity contribution >= 4 is 116 Å². The highest BCUT2D eigenvalue weighted by atomic mass is 31.2. The second-order valence-corrected chi connectivity index (χ2v) is 29.4. The summed E-state index contributed by atoms with van der Waals surface area (Å²) in [5, 5.41) is 17.0. The van der Waals surface area contributed by atoms with Crippen LogP contribution >= 0.6 is 14.3 Å². The highest BCUT2D eigenvalue weighted by molar-refractivity contribution is 7.72. The molecule has 16 nitrogen and oxygen atoms in total. The number of anilines is 4. The topological polar surface area (TPSA) is 218 Å². The van der Waals surface area contributed by atoms with E-state index in [1.54, 1.807) is 12.1 Å². The molecule has 452 valence electrons. The number of nitrogens with zero attached hydrogens (tertiary/aromatic N) is 4. The second-order valence-electron chi connectivity index (χ2n) is 23.0. The Morgan fingerprint density at radius 1 is 0.557 bits per heavy atom. The lowest BCUT2D eigenvalue weighted by atomic mass is 10.0. The van der Waals surface area contributed by atoms with Crippen LogP contribution in [0.5, 0.6) is 0 Å². The number of aromatic nitrogens is 6. The Kier molecular flexibility index (Phi) is 17.5. The van der Waals surface area contributed by atoms with Gasteiger partial charge in [-0.25, -0.2) is 18.7 Å². The number of halogens is 2. The Labute approximate surface area is 507 Å². The number of carbonyl (C=O) groups excluding carboxylic acids is 2. The lowest BCUT2D eigenvalue weighted by Crippen LogP contribution is -2.34. The van der Waals surface area contributed by atoms with Crippen molar-refractivity contribution in [3.05, 3.63) is 199 Å². The molecule has 0 radical (unpaired) electrons. The van der Waals surface area contributed by atoms with Crippen molar-refractivity contribution < 1.29 is 27.5 Å². The SMILES string of the molecule is Cc1cc(F)ccc1Nc1nc2ccc3c(C)c(/C=C/CNC(=O)C4CCP(=O)(c5ccccc5)CC4)[nH]c(=O)c3c2n1C.Cc1cc(F)ccc1Nc1nc2ccc3c(C)c(/C=C/CNC(=O)C4CCP(=O)(c5ccccc5)CC4)[nH]c(=O)c3c2n1C. The Hall–Kier alpha value is -8.98. The maximum absolute atomic E-state index is 13.6. The van der Waals surface area contributed by atoms with Gasteiger partial charge in [-0.3, -0.25) is 19.2 Å². The van der Waals surface area contributed by atoms with Crippen LogP contribution in [0.4, 0.5) is 32.1 Å². The lowest BCUT2D eigenvalue weighted by Gasteiger charge is -2.28. The van der Waals surface area contributed by atoms with Gasteiger partial charge in [0.05, 0.1) is 32.8 Å². The van der Waals surface area contributed by atoms with Crippen LogP contribution in [0.2, 0.25) is 0 Å². The van der Waals surface area contributed by atoms with Gasteiger partial charge in [0.1, 0.15) is 25.9 Å². The van der Waals surface area contributed by atoms with Crippen LogP contribution in [0.15, 0.2) is 143 Å². The van der Waals surface area contributed by atoms with Gasteiger partial charge >= 0.3 is 0 Å². The minimum absolute atomic E-state index is 0.0310. The van der Waals surface area contributed by atoms with Crippen LogP contribution in [-0.2, 0) is 32.8 Å². The van der Waals surface area contributed by atoms with Gasteiger partial charge in [-0.1, -0.05) is 84.9 Å². The minimum atomic E-state index is -2.43. The van der Waals surface area contributed by atoms with Gasteiger partial charge in [0.2, 0.25) is 23.7 Å². The molecule has 0 atom stereocenters. The van der Waals surface area contributed by atoms with E-state index in [9.17, 15) is 37.1 Å². The van der Waals surface area contributed by atoms with Gasteiger partial charge in [-0.15, -0.1) is 0 Å². The number of carbonyl (C=O) groups is 2. The molecule has 0 aliphatic carbocycles. The van der Waals surface area contributed by atoms with E-state index in [1.165, 1.54) is 24.3 Å². The average Bonchev–Trinajstić information content (AvgIpc) is 2.23. The molecule has 2 amide bonds. The summed E-state index contributed by atoms with van der Waals surface area (Å²) in [6, 6.07) is 35.8. The van der Waals surface area contributed by atoms with Crippen LogP contribution in [0.25, 0.3) is 55.8 Å². The molecule has 0 saturated carbocycles. The van der Waals surface area contributed by atoms with Gasteiger partial charge in [0.15, 0.2) is 0 Å². The van der Waals surface area contributed by atoms with Gasteiger partial charge in [-0.05, 0) is 147 Å². The standard InChI is InChI=1S/2C34H35FN5O3P/c2*1-21-20-24(35)11-13-27(21)38-34-39-29-14-12-26-22(2)28(37-33(42)30(26)31(29)40(34)3)10-7-17-36-32(41)23-15-18-44(43,19-16-23)25-8-5-4-6-9-25/h2*4-14,20,23H,15-19H2,1-3H3,(H,36,41)(H,37,42)(H,38,39)/b2*10-7+. The lowest BCUT2D eigenvalue weighted by molar-refractivity contribution is -0.125. The molecule has 20 heteroatoms. The first-order valence-electron chi connectivity index (χ1n) is 29.6. The molecule has 4 aromatic heterocycles. The van der Waals surface area contributed by atoms with Crippen molar-refractivity contribution in [3.8, 4) is 0 Å². The van der Waals surface area contributed by atoms with Crippen LogP contribution in [0.1, 0.15) is 59.3 Å². The van der Waals surface area contributed by atoms with E-state index in [2.05, 4.69) is 41.2 Å². The summed E-state index contributed by atoms with van der Waals surface area (Å²) in [6.07, 6.45) is 12.0. The number of aryl methyl sites for hydroxylation is 6. The first kappa shape index (κ1) is 60.7. The number of amides is 2. The van der Waals surface area contributed by atoms with Gasteiger partial charge < -0.3 is 49.5 Å². The van der Waals surface area contributed by atoms with E-state index < -0.39 is 14.3 Å². The normalized spacial score (nSPS) is 18.7. The molecule has 12 rings (SSSR count). The third-order valence-corrected chi connectivity index (χ3v) is 23.8. The summed E-state index contributed by atoms with van der Waals surface area (Å²) in [5.74, 6) is 0.110. The molecule has 6 N–H and O–H groups in total. The predicted octanol–water partition coefficient (Wildman–Crippen LogP) is 12.3. The number of pyridine rings is 2. The fraction of sp³-hybridized carbons (Fsp3) is 0.265. The Morgan fingerprint density at radius 2 is 0.932 bits per heavy atom. The number of fused-ring (bicyclic) bond motifs is 6. The van der Waals surface area contributed by atoms with Crippen LogP contribution in [-0.4, -0.2) is 78.6 Å². The van der Waals surface area contributed by atoms with E-state index in [-0.39, 0.29) is 46.4 Å². The van der Waals surface area contributed by atoms with Crippen LogP contribution in [0.3, 0.4) is 0 Å². The zero-order valence-electron chi connectivity index (χ0n) is 50.0. The van der Waals surface area contributed by atoms with Crippen molar-refractivity contribution in [1.29, 1.82) is 0 Å². The number of rotatable bonds is 14. The van der Waals surface area contributed by atoms with Crippen molar-refractivity contribution in [2.45, 2.75) is 53.4 Å². The minimum Gasteiger partial charge on any atom is -0.352 e. The number of hydrogen-bond donors (Lipinski definition) is 6. The molecule has 2 aliphatic rings. The second kappa shape index (κ2) is 25.4. The van der Waals surface area contributed by atoms with Crippen molar-refractivity contribution in [2.75, 3.05) is 48.4 Å². The number of imidazole rings is 2. The number of H-pyrrole nitrogens is 2. The summed E-state index contributed by atoms with van der Waals surface area (Å²) < 4.78 is 57.6. The van der Waals surface area contributed by atoms with E-state index in [4.69, 9.17) is 0 Å². The van der Waals surface area contributed by atoms with Crippen LogP contribution in [0, 0.1) is 51.2 Å². The summed E-state index contributed by atoms with van der Waals surface area (Å²) in [7, 11) is -1.18. The molecule has 10 aromatic rings. The highest BCUT2D eigenvalue weighted by Gasteiger charge is 2.35. The van der Waals surface area contributed by atoms with Crippen molar-refractivity contribution in [3.63, 3.8) is 0 Å². The molecule has 6 aromatic carbocycles. The Morgan fingerprint density at radius 3 is 1.30 bits per heavy atom. The maximum Gasteiger partial charge on any atom is 0.258 e. The summed E-state index contributed by atoms with van der Waals surface area (Å²) >= 11 is 0. The molecule has 0 bridgehead atoms. The van der Waals surface area contributed by atoms with Crippen molar-refractivity contribution in [1.82, 2.24) is 39.7 Å². The zero-order valence-corrected chi connectivity index (χ0v) is 51.8. The van der Waals surface area contributed by atoms with Gasteiger partial charge in [-0.2, -0.15) is 0 Å². The van der Waals surface area contributed by atoms with E-state index >= 15 is 0 Å². The molecule has 2 aliphatic heterocycles. The van der Waals surface area contributed by atoms with Crippen LogP contribution < -0.4 is 43.0 Å². The largest absolute Gasteiger partial charge is 0.352 e. The maximum atomic E-state index is 13.6. The quantitative estimate of drug-likeness (QED) is 0.0566. The summed E-state index contributed by atoms with van der Waals surface area (Å²) in [6.45, 7) is 8.19. The van der Waals surface area contributed by atoms with Gasteiger partial charge in [0, 0.05) is 97.0 Å². The monoisotopic (exact) mass is 1220 g/mol. The third-order valence-electron chi connectivity index (χ3n) is 17.4. The molecule has 2 fully saturated rings. The number of benzene rings is 6. The number of hydrogen-bond acceptors (Lipinski definition) is 10. The van der Waals surface area contributed by atoms with E-state index in [1.807, 2.05) is 160 Å². The molecular formula is C68H70F2N10O6P2.